The molecular weight excluding hydrogens is 370 g/mol. The van der Waals surface area contributed by atoms with Crippen molar-refractivity contribution in [3.05, 3.63) is 64.7 Å². The molecule has 0 atom stereocenters. The number of ether oxygens (including phenoxy) is 2. The van der Waals surface area contributed by atoms with Gasteiger partial charge in [-0.1, -0.05) is 64.1 Å². The van der Waals surface area contributed by atoms with Gasteiger partial charge in [0.25, 0.3) is 0 Å². The van der Waals surface area contributed by atoms with Crippen LogP contribution in [-0.4, -0.2) is 19.8 Å². The minimum atomic E-state index is -0.340. The quantitative estimate of drug-likeness (QED) is 0.441. The largest absolute Gasteiger partial charge is 0.491 e. The van der Waals surface area contributed by atoms with Crippen molar-refractivity contribution in [3.8, 4) is 5.75 Å². The summed E-state index contributed by atoms with van der Waals surface area (Å²) in [6.45, 7) is 15.0. The van der Waals surface area contributed by atoms with Gasteiger partial charge in [0.1, 0.15) is 12.4 Å². The molecule has 0 aliphatic heterocycles. The summed E-state index contributed by atoms with van der Waals surface area (Å²) < 4.78 is 12.0. The van der Waals surface area contributed by atoms with E-state index in [1.54, 1.807) is 0 Å². The molecule has 0 aromatic heterocycles. The molecule has 2 aromatic rings. The lowest BCUT2D eigenvalue weighted by molar-refractivity contribution is 0.102. The van der Waals surface area contributed by atoms with Gasteiger partial charge in [0.05, 0.1) is 13.2 Å². The summed E-state index contributed by atoms with van der Waals surface area (Å²) in [7, 11) is 0. The van der Waals surface area contributed by atoms with Gasteiger partial charge in [0, 0.05) is 5.54 Å². The first-order chi connectivity index (χ1) is 14.2. The van der Waals surface area contributed by atoms with E-state index in [0.29, 0.717) is 31.7 Å². The summed E-state index contributed by atoms with van der Waals surface area (Å²) in [6.07, 6.45) is 3.00. The van der Waals surface area contributed by atoms with Gasteiger partial charge in [0.15, 0.2) is 0 Å². The van der Waals surface area contributed by atoms with E-state index in [4.69, 9.17) is 15.2 Å². The van der Waals surface area contributed by atoms with E-state index >= 15 is 0 Å². The third-order valence-electron chi connectivity index (χ3n) is 5.18. The number of rotatable bonds is 12. The van der Waals surface area contributed by atoms with E-state index in [1.165, 1.54) is 22.3 Å². The van der Waals surface area contributed by atoms with Gasteiger partial charge in [-0.15, -0.1) is 0 Å². The van der Waals surface area contributed by atoms with Crippen molar-refractivity contribution < 1.29 is 9.47 Å². The molecule has 0 saturated carbocycles. The van der Waals surface area contributed by atoms with Crippen LogP contribution in [-0.2, 0) is 29.5 Å². The lowest BCUT2D eigenvalue weighted by Crippen LogP contribution is -2.30. The molecule has 0 bridgehead atoms. The van der Waals surface area contributed by atoms with Gasteiger partial charge >= 0.3 is 0 Å². The molecule has 2 aromatic carbocycles. The monoisotopic (exact) mass is 411 g/mol. The lowest BCUT2D eigenvalue weighted by Gasteiger charge is -2.23. The van der Waals surface area contributed by atoms with Crippen LogP contribution in [0.1, 0.15) is 63.8 Å². The minimum absolute atomic E-state index is 0.340. The third-order valence-corrected chi connectivity index (χ3v) is 5.18. The average Bonchev–Trinajstić information content (AvgIpc) is 2.65. The molecular formula is C27H41NO2. The highest BCUT2D eigenvalue weighted by Crippen LogP contribution is 2.27. The molecule has 166 valence electrons. The molecule has 0 spiro atoms. The van der Waals surface area contributed by atoms with E-state index < -0.39 is 0 Å². The predicted octanol–water partition coefficient (Wildman–Crippen LogP) is 5.92. The van der Waals surface area contributed by atoms with Crippen molar-refractivity contribution in [2.45, 2.75) is 66.3 Å². The Morgan fingerprint density at radius 3 is 2.13 bits per heavy atom. The zero-order valence-corrected chi connectivity index (χ0v) is 19.8. The standard InChI is InChI=1S/C27H41NO2/c1-20(2)18-23-11-9-13-26(24(23)19-21(3)4)30-17-16-29-15-14-22-10-7-8-12-25(22)27(5,6)28/h7-13,20-21H,14-19,28H2,1-6H3. The van der Waals surface area contributed by atoms with Crippen molar-refractivity contribution >= 4 is 0 Å². The molecule has 30 heavy (non-hydrogen) atoms. The number of benzene rings is 2. The van der Waals surface area contributed by atoms with Crippen LogP contribution >= 0.6 is 0 Å². The van der Waals surface area contributed by atoms with Crippen molar-refractivity contribution in [2.24, 2.45) is 17.6 Å². The number of nitrogens with two attached hydrogens (primary N) is 1. The molecule has 0 heterocycles. The lowest BCUT2D eigenvalue weighted by atomic mass is 9.90. The molecule has 0 aliphatic rings. The Hall–Kier alpha value is -1.84. The summed E-state index contributed by atoms with van der Waals surface area (Å²) in [6, 6.07) is 14.8. The van der Waals surface area contributed by atoms with Crippen LogP contribution in [0.5, 0.6) is 5.75 Å². The molecule has 2 N–H and O–H groups in total. The number of hydrogen-bond donors (Lipinski definition) is 1. The zero-order valence-electron chi connectivity index (χ0n) is 19.8. The summed E-state index contributed by atoms with van der Waals surface area (Å²) in [5, 5.41) is 0. The second-order valence-electron chi connectivity index (χ2n) is 9.68. The predicted molar refractivity (Wildman–Crippen MR) is 127 cm³/mol. The number of hydrogen-bond acceptors (Lipinski definition) is 3. The van der Waals surface area contributed by atoms with Crippen LogP contribution in [0, 0.1) is 11.8 Å². The van der Waals surface area contributed by atoms with E-state index in [1.807, 2.05) is 19.9 Å². The molecule has 3 heteroatoms. The average molecular weight is 412 g/mol. The maximum Gasteiger partial charge on any atom is 0.122 e. The normalized spacial score (nSPS) is 12.0. The first-order valence-electron chi connectivity index (χ1n) is 11.4. The van der Waals surface area contributed by atoms with Gasteiger partial charge in [-0.05, 0) is 73.3 Å². The second-order valence-corrected chi connectivity index (χ2v) is 9.68. The Labute approximate surface area is 184 Å². The van der Waals surface area contributed by atoms with Gasteiger partial charge < -0.3 is 15.2 Å². The SMILES string of the molecule is CC(C)Cc1cccc(OCCOCCc2ccccc2C(C)(C)N)c1CC(C)C. The smallest absolute Gasteiger partial charge is 0.122 e. The maximum atomic E-state index is 6.30. The van der Waals surface area contributed by atoms with E-state index in [0.717, 1.165) is 25.0 Å². The summed E-state index contributed by atoms with van der Waals surface area (Å²) in [5.74, 6) is 2.25. The van der Waals surface area contributed by atoms with Crippen molar-refractivity contribution in [1.82, 2.24) is 0 Å². The fourth-order valence-corrected chi connectivity index (χ4v) is 3.88. The summed E-state index contributed by atoms with van der Waals surface area (Å²) in [5.41, 5.74) is 11.2. The van der Waals surface area contributed by atoms with Gasteiger partial charge in [-0.25, -0.2) is 0 Å². The summed E-state index contributed by atoms with van der Waals surface area (Å²) >= 11 is 0. The van der Waals surface area contributed by atoms with Gasteiger partial charge in [0.2, 0.25) is 0 Å². The Balaban J connectivity index is 1.88. The third kappa shape index (κ3) is 7.77. The van der Waals surface area contributed by atoms with Crippen LogP contribution in [0.25, 0.3) is 0 Å². The van der Waals surface area contributed by atoms with Gasteiger partial charge in [-0.2, -0.15) is 0 Å². The van der Waals surface area contributed by atoms with Gasteiger partial charge in [-0.3, -0.25) is 0 Å². The first-order valence-corrected chi connectivity index (χ1v) is 11.4. The molecule has 3 nitrogen and oxygen atoms in total. The Kier molecular flexibility index (Phi) is 9.38. The van der Waals surface area contributed by atoms with Crippen LogP contribution in [0.3, 0.4) is 0 Å². The molecule has 0 amide bonds. The van der Waals surface area contributed by atoms with Crippen LogP contribution in [0.15, 0.2) is 42.5 Å². The molecule has 0 fully saturated rings. The van der Waals surface area contributed by atoms with Crippen molar-refractivity contribution in [3.63, 3.8) is 0 Å². The Bertz CT molecular complexity index is 775. The topological polar surface area (TPSA) is 44.5 Å². The minimum Gasteiger partial charge on any atom is -0.491 e. The van der Waals surface area contributed by atoms with Crippen molar-refractivity contribution in [1.29, 1.82) is 0 Å². The fourth-order valence-electron chi connectivity index (χ4n) is 3.88. The molecule has 2 rings (SSSR count). The fraction of sp³-hybridized carbons (Fsp3) is 0.556. The zero-order chi connectivity index (χ0) is 22.1. The van der Waals surface area contributed by atoms with Crippen molar-refractivity contribution in [2.75, 3.05) is 19.8 Å². The second kappa shape index (κ2) is 11.5. The van der Waals surface area contributed by atoms with Crippen LogP contribution < -0.4 is 10.5 Å². The molecule has 0 aliphatic carbocycles. The van der Waals surface area contributed by atoms with E-state index in [2.05, 4.69) is 64.1 Å². The highest BCUT2D eigenvalue weighted by Gasteiger charge is 2.17. The maximum absolute atomic E-state index is 6.30. The Morgan fingerprint density at radius 2 is 1.47 bits per heavy atom. The first kappa shape index (κ1) is 24.4. The van der Waals surface area contributed by atoms with E-state index in [-0.39, 0.29) is 5.54 Å². The molecule has 0 unspecified atom stereocenters. The molecule has 0 saturated heterocycles. The van der Waals surface area contributed by atoms with Crippen LogP contribution in [0.4, 0.5) is 0 Å². The Morgan fingerprint density at radius 1 is 0.800 bits per heavy atom. The van der Waals surface area contributed by atoms with E-state index in [9.17, 15) is 0 Å². The molecule has 0 radical (unpaired) electrons. The van der Waals surface area contributed by atoms with Crippen LogP contribution in [0.2, 0.25) is 0 Å². The summed E-state index contributed by atoms with van der Waals surface area (Å²) in [4.78, 5) is 0. The highest BCUT2D eigenvalue weighted by molar-refractivity contribution is 5.41. The highest BCUT2D eigenvalue weighted by atomic mass is 16.5.